The number of para-hydroxylation sites is 2. The molecule has 0 N–H and O–H groups in total. The zero-order chi connectivity index (χ0) is 15.4. The maximum absolute atomic E-state index is 2.41. The average Bonchev–Trinajstić information content (AvgIpc) is 2.55. The number of hydrogen-bond acceptors (Lipinski definition) is 1. The third-order valence-electron chi connectivity index (χ3n) is 4.45. The lowest BCUT2D eigenvalue weighted by atomic mass is 9.76. The van der Waals surface area contributed by atoms with Gasteiger partial charge >= 0.3 is 0 Å². The van der Waals surface area contributed by atoms with Gasteiger partial charge < -0.3 is 4.90 Å². The summed E-state index contributed by atoms with van der Waals surface area (Å²) in [5.41, 5.74) is 2.66. The molecule has 0 aromatic heterocycles. The standard InChI is InChI=1S/C21H23N/c1-21(2)16-10-9-11-18(21)17-22(19-12-5-3-6-13-19)20-14-7-4-8-15-20/h3-16,18H,17H2,1-2H3. The molecule has 0 saturated carbocycles. The molecule has 2 aromatic carbocycles. The molecule has 0 fully saturated rings. The van der Waals surface area contributed by atoms with Gasteiger partial charge in [0.05, 0.1) is 0 Å². The quantitative estimate of drug-likeness (QED) is 0.709. The molecule has 1 aliphatic rings. The first-order chi connectivity index (χ1) is 10.7. The van der Waals surface area contributed by atoms with E-state index in [1.54, 1.807) is 0 Å². The van der Waals surface area contributed by atoms with E-state index in [0.717, 1.165) is 6.54 Å². The summed E-state index contributed by atoms with van der Waals surface area (Å²) in [5, 5.41) is 0. The zero-order valence-corrected chi connectivity index (χ0v) is 13.3. The van der Waals surface area contributed by atoms with E-state index < -0.39 is 0 Å². The molecule has 1 unspecified atom stereocenters. The molecule has 22 heavy (non-hydrogen) atoms. The molecule has 1 atom stereocenters. The van der Waals surface area contributed by atoms with Gasteiger partial charge in [-0.05, 0) is 29.7 Å². The molecular weight excluding hydrogens is 266 g/mol. The van der Waals surface area contributed by atoms with E-state index in [4.69, 9.17) is 0 Å². The fourth-order valence-corrected chi connectivity index (χ4v) is 2.94. The lowest BCUT2D eigenvalue weighted by molar-refractivity contribution is 0.345. The molecule has 0 spiro atoms. The summed E-state index contributed by atoms with van der Waals surface area (Å²) in [7, 11) is 0. The van der Waals surface area contributed by atoms with E-state index >= 15 is 0 Å². The highest BCUT2D eigenvalue weighted by atomic mass is 15.1. The summed E-state index contributed by atoms with van der Waals surface area (Å²) < 4.78 is 0. The second-order valence-electron chi connectivity index (χ2n) is 6.45. The van der Waals surface area contributed by atoms with Gasteiger partial charge in [0, 0.05) is 23.8 Å². The number of allylic oxidation sites excluding steroid dienone is 3. The van der Waals surface area contributed by atoms with Crippen molar-refractivity contribution in [3.63, 3.8) is 0 Å². The van der Waals surface area contributed by atoms with Crippen LogP contribution in [0.4, 0.5) is 11.4 Å². The zero-order valence-electron chi connectivity index (χ0n) is 13.3. The summed E-state index contributed by atoms with van der Waals surface area (Å²) in [4.78, 5) is 2.41. The predicted molar refractivity (Wildman–Crippen MR) is 95.4 cm³/mol. The maximum atomic E-state index is 2.41. The van der Waals surface area contributed by atoms with Crippen LogP contribution in [-0.4, -0.2) is 6.54 Å². The Bertz CT molecular complexity index is 613. The van der Waals surface area contributed by atoms with Crippen LogP contribution in [-0.2, 0) is 0 Å². The summed E-state index contributed by atoms with van der Waals surface area (Å²) in [6.45, 7) is 5.60. The van der Waals surface area contributed by atoms with E-state index in [-0.39, 0.29) is 5.41 Å². The van der Waals surface area contributed by atoms with Crippen molar-refractivity contribution < 1.29 is 0 Å². The normalized spacial score (nSPS) is 19.1. The second-order valence-corrected chi connectivity index (χ2v) is 6.45. The molecule has 0 bridgehead atoms. The van der Waals surface area contributed by atoms with E-state index in [2.05, 4.69) is 104 Å². The molecule has 0 amide bonds. The molecule has 1 heteroatoms. The van der Waals surface area contributed by atoms with Crippen LogP contribution in [0, 0.1) is 11.3 Å². The summed E-state index contributed by atoms with van der Waals surface area (Å²) in [5.74, 6) is 0.484. The molecule has 0 heterocycles. The molecule has 3 rings (SSSR count). The van der Waals surface area contributed by atoms with Gasteiger partial charge in [-0.2, -0.15) is 0 Å². The Hall–Kier alpha value is -2.28. The number of nitrogens with zero attached hydrogens (tertiary/aromatic N) is 1. The molecule has 1 aliphatic carbocycles. The lowest BCUT2D eigenvalue weighted by Crippen LogP contribution is -2.33. The Morgan fingerprint density at radius 3 is 1.86 bits per heavy atom. The predicted octanol–water partition coefficient (Wildman–Crippen LogP) is 5.59. The molecule has 112 valence electrons. The van der Waals surface area contributed by atoms with Gasteiger partial charge in [0.2, 0.25) is 0 Å². The van der Waals surface area contributed by atoms with Crippen LogP contribution in [0.5, 0.6) is 0 Å². The van der Waals surface area contributed by atoms with Crippen molar-refractivity contribution in [1.29, 1.82) is 0 Å². The SMILES string of the molecule is CC1(C)C=CC=CC1CN(c1ccccc1)c1ccccc1. The van der Waals surface area contributed by atoms with Crippen molar-refractivity contribution in [3.8, 4) is 0 Å². The van der Waals surface area contributed by atoms with Crippen molar-refractivity contribution in [1.82, 2.24) is 0 Å². The van der Waals surface area contributed by atoms with E-state index in [0.29, 0.717) is 5.92 Å². The summed E-state index contributed by atoms with van der Waals surface area (Å²) in [6.07, 6.45) is 8.97. The first kappa shape index (κ1) is 14.6. The third kappa shape index (κ3) is 3.14. The topological polar surface area (TPSA) is 3.24 Å². The van der Waals surface area contributed by atoms with Gasteiger partial charge in [-0.15, -0.1) is 0 Å². The van der Waals surface area contributed by atoms with Crippen LogP contribution >= 0.6 is 0 Å². The molecule has 0 saturated heterocycles. The summed E-state index contributed by atoms with van der Waals surface area (Å²) >= 11 is 0. The van der Waals surface area contributed by atoms with E-state index in [9.17, 15) is 0 Å². The number of benzene rings is 2. The number of anilines is 2. The van der Waals surface area contributed by atoms with Crippen molar-refractivity contribution >= 4 is 11.4 Å². The second kappa shape index (κ2) is 6.23. The monoisotopic (exact) mass is 289 g/mol. The van der Waals surface area contributed by atoms with Gasteiger partial charge in [-0.1, -0.05) is 74.5 Å². The van der Waals surface area contributed by atoms with Crippen molar-refractivity contribution in [2.45, 2.75) is 13.8 Å². The number of rotatable bonds is 4. The van der Waals surface area contributed by atoms with Crippen LogP contribution in [0.15, 0.2) is 85.0 Å². The molecule has 0 aliphatic heterocycles. The molecule has 0 radical (unpaired) electrons. The molecular formula is C21H23N. The van der Waals surface area contributed by atoms with Gasteiger partial charge in [0.15, 0.2) is 0 Å². The Morgan fingerprint density at radius 1 is 0.818 bits per heavy atom. The smallest absolute Gasteiger partial charge is 0.0410 e. The van der Waals surface area contributed by atoms with Crippen LogP contribution < -0.4 is 4.90 Å². The van der Waals surface area contributed by atoms with E-state index in [1.165, 1.54) is 11.4 Å². The Balaban J connectivity index is 1.93. The highest BCUT2D eigenvalue weighted by molar-refractivity contribution is 5.63. The minimum absolute atomic E-state index is 0.177. The van der Waals surface area contributed by atoms with Gasteiger partial charge in [0.25, 0.3) is 0 Å². The minimum atomic E-state index is 0.177. The maximum Gasteiger partial charge on any atom is 0.0410 e. The fourth-order valence-electron chi connectivity index (χ4n) is 2.94. The van der Waals surface area contributed by atoms with Gasteiger partial charge in [0.1, 0.15) is 0 Å². The number of hydrogen-bond donors (Lipinski definition) is 0. The van der Waals surface area contributed by atoms with Crippen molar-refractivity contribution in [2.24, 2.45) is 11.3 Å². The Labute approximate surface area is 133 Å². The van der Waals surface area contributed by atoms with Gasteiger partial charge in [-0.25, -0.2) is 0 Å². The largest absolute Gasteiger partial charge is 0.341 e. The minimum Gasteiger partial charge on any atom is -0.341 e. The van der Waals surface area contributed by atoms with E-state index in [1.807, 2.05) is 0 Å². The average molecular weight is 289 g/mol. The summed E-state index contributed by atoms with van der Waals surface area (Å²) in [6, 6.07) is 21.3. The van der Waals surface area contributed by atoms with Crippen LogP contribution in [0.25, 0.3) is 0 Å². The van der Waals surface area contributed by atoms with Crippen LogP contribution in [0.1, 0.15) is 13.8 Å². The fraction of sp³-hybridized carbons (Fsp3) is 0.238. The van der Waals surface area contributed by atoms with Crippen molar-refractivity contribution in [2.75, 3.05) is 11.4 Å². The first-order valence-electron chi connectivity index (χ1n) is 7.90. The van der Waals surface area contributed by atoms with Crippen LogP contribution in [0.3, 0.4) is 0 Å². The highest BCUT2D eigenvalue weighted by Gasteiger charge is 2.28. The molecule has 1 nitrogen and oxygen atoms in total. The lowest BCUT2D eigenvalue weighted by Gasteiger charge is -2.36. The Kier molecular flexibility index (Phi) is 4.15. The first-order valence-corrected chi connectivity index (χ1v) is 7.90. The highest BCUT2D eigenvalue weighted by Crippen LogP contribution is 2.36. The van der Waals surface area contributed by atoms with Crippen molar-refractivity contribution in [3.05, 3.63) is 85.0 Å². The van der Waals surface area contributed by atoms with Gasteiger partial charge in [-0.3, -0.25) is 0 Å². The van der Waals surface area contributed by atoms with Crippen LogP contribution in [0.2, 0.25) is 0 Å². The Morgan fingerprint density at radius 2 is 1.36 bits per heavy atom. The molecule has 2 aromatic rings. The third-order valence-corrected chi connectivity index (χ3v) is 4.45.